The van der Waals surface area contributed by atoms with E-state index in [4.69, 9.17) is 0 Å². The van der Waals surface area contributed by atoms with Crippen LogP contribution in [0.25, 0.3) is 0 Å². The number of rotatable bonds is 4. The van der Waals surface area contributed by atoms with Gasteiger partial charge in [-0.15, -0.1) is 0 Å². The van der Waals surface area contributed by atoms with Crippen LogP contribution in [0.1, 0.15) is 66.2 Å². The maximum absolute atomic E-state index is 12.4. The molecule has 1 saturated heterocycles. The number of nitrogens with one attached hydrogen (secondary N) is 1. The molecule has 2 aliphatic rings. The Morgan fingerprint density at radius 2 is 1.90 bits per heavy atom. The first-order chi connectivity index (χ1) is 9.34. The van der Waals surface area contributed by atoms with Gasteiger partial charge in [0.05, 0.1) is 12.5 Å². The van der Waals surface area contributed by atoms with Crippen molar-refractivity contribution in [3.63, 3.8) is 0 Å². The highest BCUT2D eigenvalue weighted by molar-refractivity contribution is 6.05. The zero-order chi connectivity index (χ0) is 14.9. The maximum Gasteiger partial charge on any atom is 0.247 e. The molecule has 1 aliphatic heterocycles. The summed E-state index contributed by atoms with van der Waals surface area (Å²) in [5, 5.41) is 3.43. The van der Waals surface area contributed by atoms with E-state index in [1.807, 2.05) is 13.8 Å². The fourth-order valence-electron chi connectivity index (χ4n) is 3.28. The third-order valence-corrected chi connectivity index (χ3v) is 4.99. The molecule has 1 saturated carbocycles. The van der Waals surface area contributed by atoms with E-state index in [-0.39, 0.29) is 23.9 Å². The van der Waals surface area contributed by atoms with Crippen molar-refractivity contribution in [2.24, 2.45) is 5.41 Å². The Morgan fingerprint density at radius 1 is 1.30 bits per heavy atom. The average Bonchev–Trinajstić information content (AvgIpc) is 2.66. The van der Waals surface area contributed by atoms with E-state index in [1.54, 1.807) is 0 Å². The van der Waals surface area contributed by atoms with Crippen LogP contribution in [0, 0.1) is 5.41 Å². The Bertz CT molecular complexity index is 382. The molecule has 0 aromatic rings. The van der Waals surface area contributed by atoms with Crippen molar-refractivity contribution in [3.8, 4) is 0 Å². The second-order valence-electron chi connectivity index (χ2n) is 7.22. The molecule has 0 radical (unpaired) electrons. The van der Waals surface area contributed by atoms with Crippen LogP contribution in [0.5, 0.6) is 0 Å². The van der Waals surface area contributed by atoms with Crippen LogP contribution in [0.15, 0.2) is 0 Å². The molecule has 20 heavy (non-hydrogen) atoms. The summed E-state index contributed by atoms with van der Waals surface area (Å²) in [5.74, 6) is -0.0350. The summed E-state index contributed by atoms with van der Waals surface area (Å²) in [7, 11) is 0. The molecular formula is C16H28N2O2. The summed E-state index contributed by atoms with van der Waals surface area (Å²) in [4.78, 5) is 25.8. The van der Waals surface area contributed by atoms with Crippen molar-refractivity contribution < 1.29 is 9.59 Å². The molecule has 2 rings (SSSR count). The number of carbonyl (C=O) groups is 2. The molecule has 1 N–H and O–H groups in total. The van der Waals surface area contributed by atoms with Gasteiger partial charge in [0.1, 0.15) is 0 Å². The second-order valence-corrected chi connectivity index (χ2v) is 7.22. The van der Waals surface area contributed by atoms with Gasteiger partial charge in [-0.3, -0.25) is 14.5 Å². The van der Waals surface area contributed by atoms with Gasteiger partial charge in [-0.25, -0.2) is 0 Å². The summed E-state index contributed by atoms with van der Waals surface area (Å²) in [6, 6.07) is 0.122. The molecule has 0 aromatic heterocycles. The van der Waals surface area contributed by atoms with E-state index >= 15 is 0 Å². The Kier molecular flexibility index (Phi) is 4.52. The zero-order valence-corrected chi connectivity index (χ0v) is 13.2. The summed E-state index contributed by atoms with van der Waals surface area (Å²) in [6.07, 6.45) is 5.75. The summed E-state index contributed by atoms with van der Waals surface area (Å²) in [6.45, 7) is 8.56. The van der Waals surface area contributed by atoms with E-state index in [0.29, 0.717) is 17.9 Å². The Labute approximate surface area is 122 Å². The van der Waals surface area contributed by atoms with Crippen LogP contribution in [0.2, 0.25) is 0 Å². The largest absolute Gasteiger partial charge is 0.303 e. The van der Waals surface area contributed by atoms with Crippen molar-refractivity contribution in [2.75, 3.05) is 0 Å². The molecule has 2 atom stereocenters. The number of imide groups is 1. The molecule has 2 amide bonds. The molecule has 0 aromatic carbocycles. The lowest BCUT2D eigenvalue weighted by Crippen LogP contribution is -2.47. The van der Waals surface area contributed by atoms with Crippen LogP contribution in [0.4, 0.5) is 0 Å². The van der Waals surface area contributed by atoms with Gasteiger partial charge in [0.25, 0.3) is 0 Å². The summed E-state index contributed by atoms with van der Waals surface area (Å²) >= 11 is 0. The number of hydrogen-bond donors (Lipinski definition) is 1. The van der Waals surface area contributed by atoms with E-state index in [0.717, 1.165) is 19.3 Å². The van der Waals surface area contributed by atoms with Crippen LogP contribution in [-0.2, 0) is 9.59 Å². The highest BCUT2D eigenvalue weighted by Gasteiger charge is 2.41. The SMILES string of the molecule is CCC(C)N1C(=O)CC(NC2CCC(C)(C)CC2)C1=O. The third-order valence-electron chi connectivity index (χ3n) is 4.99. The molecule has 1 heterocycles. The van der Waals surface area contributed by atoms with Gasteiger partial charge in [0.2, 0.25) is 11.8 Å². The predicted octanol–water partition coefficient (Wildman–Crippen LogP) is 2.47. The number of nitrogens with zero attached hydrogens (tertiary/aromatic N) is 1. The topological polar surface area (TPSA) is 49.4 Å². The molecule has 2 unspecified atom stereocenters. The van der Waals surface area contributed by atoms with Gasteiger partial charge >= 0.3 is 0 Å². The molecule has 0 spiro atoms. The summed E-state index contributed by atoms with van der Waals surface area (Å²) < 4.78 is 0. The molecule has 1 aliphatic carbocycles. The summed E-state index contributed by atoms with van der Waals surface area (Å²) in [5.41, 5.74) is 0.427. The second kappa shape index (κ2) is 5.84. The monoisotopic (exact) mass is 280 g/mol. The molecule has 2 fully saturated rings. The molecule has 4 nitrogen and oxygen atoms in total. The Hall–Kier alpha value is -0.900. The predicted molar refractivity (Wildman–Crippen MR) is 79.2 cm³/mol. The average molecular weight is 280 g/mol. The van der Waals surface area contributed by atoms with Crippen LogP contribution >= 0.6 is 0 Å². The van der Waals surface area contributed by atoms with Gasteiger partial charge in [-0.2, -0.15) is 0 Å². The minimum atomic E-state index is -0.289. The van der Waals surface area contributed by atoms with Crippen molar-refractivity contribution in [2.45, 2.75) is 84.3 Å². The Morgan fingerprint density at radius 3 is 2.45 bits per heavy atom. The van der Waals surface area contributed by atoms with Crippen molar-refractivity contribution in [1.82, 2.24) is 10.2 Å². The van der Waals surface area contributed by atoms with Crippen molar-refractivity contribution in [3.05, 3.63) is 0 Å². The minimum Gasteiger partial charge on any atom is -0.303 e. The number of hydrogen-bond acceptors (Lipinski definition) is 3. The molecule has 0 bridgehead atoms. The first-order valence-electron chi connectivity index (χ1n) is 7.96. The standard InChI is InChI=1S/C16H28N2O2/c1-5-11(2)18-14(19)10-13(15(18)20)17-12-6-8-16(3,4)9-7-12/h11-13,17H,5-10H2,1-4H3. The lowest BCUT2D eigenvalue weighted by atomic mass is 9.75. The maximum atomic E-state index is 12.4. The normalized spacial score (nSPS) is 29.0. The lowest BCUT2D eigenvalue weighted by molar-refractivity contribution is -0.141. The minimum absolute atomic E-state index is 0.0158. The van der Waals surface area contributed by atoms with Gasteiger partial charge in [0, 0.05) is 12.1 Å². The zero-order valence-electron chi connectivity index (χ0n) is 13.2. The van der Waals surface area contributed by atoms with E-state index in [1.165, 1.54) is 17.7 Å². The molecular weight excluding hydrogens is 252 g/mol. The van der Waals surface area contributed by atoms with Crippen molar-refractivity contribution >= 4 is 11.8 Å². The van der Waals surface area contributed by atoms with Gasteiger partial charge < -0.3 is 5.32 Å². The van der Waals surface area contributed by atoms with Gasteiger partial charge in [0.15, 0.2) is 0 Å². The fourth-order valence-corrected chi connectivity index (χ4v) is 3.28. The van der Waals surface area contributed by atoms with Crippen LogP contribution in [0.3, 0.4) is 0 Å². The Balaban J connectivity index is 1.92. The van der Waals surface area contributed by atoms with E-state index < -0.39 is 0 Å². The highest BCUT2D eigenvalue weighted by Crippen LogP contribution is 2.35. The van der Waals surface area contributed by atoms with Crippen molar-refractivity contribution in [1.29, 1.82) is 0 Å². The fraction of sp³-hybridized carbons (Fsp3) is 0.875. The van der Waals surface area contributed by atoms with Gasteiger partial charge in [-0.1, -0.05) is 20.8 Å². The first kappa shape index (κ1) is 15.5. The van der Waals surface area contributed by atoms with E-state index in [2.05, 4.69) is 19.2 Å². The number of likely N-dealkylation sites (tertiary alicyclic amines) is 1. The van der Waals surface area contributed by atoms with Gasteiger partial charge in [-0.05, 0) is 44.4 Å². The van der Waals surface area contributed by atoms with Crippen LogP contribution in [-0.4, -0.2) is 34.8 Å². The van der Waals surface area contributed by atoms with E-state index in [9.17, 15) is 9.59 Å². The third kappa shape index (κ3) is 3.22. The number of amides is 2. The molecule has 4 heteroatoms. The lowest BCUT2D eigenvalue weighted by Gasteiger charge is -2.35. The first-order valence-corrected chi connectivity index (χ1v) is 7.96. The molecule has 114 valence electrons. The highest BCUT2D eigenvalue weighted by atomic mass is 16.2. The quantitative estimate of drug-likeness (QED) is 0.805. The smallest absolute Gasteiger partial charge is 0.247 e. The number of carbonyl (C=O) groups excluding carboxylic acids is 2. The van der Waals surface area contributed by atoms with Crippen LogP contribution < -0.4 is 5.32 Å².